The molecular weight excluding hydrogens is 632 g/mol. The van der Waals surface area contributed by atoms with Gasteiger partial charge in [0.1, 0.15) is 11.9 Å². The van der Waals surface area contributed by atoms with Crippen LogP contribution in [0.3, 0.4) is 0 Å². The molecule has 0 spiro atoms. The SMILES string of the molecule is CCS(=O)(=O)c1ccc(C(CO)NC(=O)c2cnc(N3C[C@@H](Oc4ccc(C(F)(F)F)cc4)C[C@H]3COC(F)F)c(F)c2)cc1. The molecule has 1 aliphatic heterocycles. The first-order chi connectivity index (χ1) is 21.2. The molecule has 16 heteroatoms. The Bertz CT molecular complexity index is 1570. The molecule has 1 amide bonds. The third-order valence-corrected chi connectivity index (χ3v) is 8.89. The van der Waals surface area contributed by atoms with Crippen LogP contribution in [-0.4, -0.2) is 68.7 Å². The lowest BCUT2D eigenvalue weighted by Gasteiger charge is -2.25. The molecule has 1 aromatic heterocycles. The van der Waals surface area contributed by atoms with Crippen molar-refractivity contribution >= 4 is 21.6 Å². The quantitative estimate of drug-likeness (QED) is 0.267. The van der Waals surface area contributed by atoms with Crippen molar-refractivity contribution in [1.29, 1.82) is 0 Å². The number of benzene rings is 2. The number of hydrogen-bond donors (Lipinski definition) is 2. The highest BCUT2D eigenvalue weighted by molar-refractivity contribution is 7.91. The van der Waals surface area contributed by atoms with Crippen LogP contribution in [0.15, 0.2) is 65.7 Å². The van der Waals surface area contributed by atoms with E-state index >= 15 is 4.39 Å². The van der Waals surface area contributed by atoms with Gasteiger partial charge in [-0.2, -0.15) is 22.0 Å². The van der Waals surface area contributed by atoms with E-state index in [2.05, 4.69) is 15.0 Å². The van der Waals surface area contributed by atoms with Crippen LogP contribution < -0.4 is 15.0 Å². The van der Waals surface area contributed by atoms with Crippen LogP contribution in [0.2, 0.25) is 0 Å². The van der Waals surface area contributed by atoms with Gasteiger partial charge < -0.3 is 24.8 Å². The van der Waals surface area contributed by atoms with Gasteiger partial charge in [-0.15, -0.1) is 0 Å². The molecule has 0 saturated carbocycles. The van der Waals surface area contributed by atoms with Crippen LogP contribution in [0, 0.1) is 5.82 Å². The van der Waals surface area contributed by atoms with E-state index in [1.807, 2.05) is 0 Å². The maximum atomic E-state index is 15.3. The van der Waals surface area contributed by atoms with Crippen LogP contribution in [-0.2, 0) is 20.8 Å². The van der Waals surface area contributed by atoms with E-state index in [1.54, 1.807) is 0 Å². The number of rotatable bonds is 12. The Morgan fingerprint density at radius 3 is 2.36 bits per heavy atom. The van der Waals surface area contributed by atoms with Gasteiger partial charge >= 0.3 is 12.8 Å². The summed E-state index contributed by atoms with van der Waals surface area (Å²) < 4.78 is 114. The van der Waals surface area contributed by atoms with E-state index in [4.69, 9.17) is 4.74 Å². The summed E-state index contributed by atoms with van der Waals surface area (Å²) in [6, 6.07) is 8.51. The normalized spacial score (nSPS) is 17.8. The Hall–Kier alpha value is -3.89. The summed E-state index contributed by atoms with van der Waals surface area (Å²) in [5, 5.41) is 12.4. The van der Waals surface area contributed by atoms with Gasteiger partial charge in [0, 0.05) is 12.6 Å². The van der Waals surface area contributed by atoms with Gasteiger partial charge in [-0.25, -0.2) is 17.8 Å². The molecule has 0 bridgehead atoms. The monoisotopic (exact) mass is 661 g/mol. The van der Waals surface area contributed by atoms with Gasteiger partial charge in [0.05, 0.1) is 53.6 Å². The number of ether oxygens (including phenoxy) is 2. The van der Waals surface area contributed by atoms with Crippen LogP contribution >= 0.6 is 0 Å². The van der Waals surface area contributed by atoms with Gasteiger partial charge in [0.25, 0.3) is 5.91 Å². The van der Waals surface area contributed by atoms with Crippen molar-refractivity contribution in [3.63, 3.8) is 0 Å². The number of nitrogens with zero attached hydrogens (tertiary/aromatic N) is 2. The predicted molar refractivity (Wildman–Crippen MR) is 149 cm³/mol. The summed E-state index contributed by atoms with van der Waals surface area (Å²) in [6.45, 7) is -2.79. The Morgan fingerprint density at radius 2 is 1.80 bits per heavy atom. The summed E-state index contributed by atoms with van der Waals surface area (Å²) in [6.07, 6.45) is -4.19. The molecule has 45 heavy (non-hydrogen) atoms. The van der Waals surface area contributed by atoms with Crippen LogP contribution in [0.5, 0.6) is 5.75 Å². The molecule has 9 nitrogen and oxygen atoms in total. The largest absolute Gasteiger partial charge is 0.489 e. The number of amides is 1. The second-order valence-corrected chi connectivity index (χ2v) is 12.4. The molecule has 3 atom stereocenters. The summed E-state index contributed by atoms with van der Waals surface area (Å²) in [7, 11) is -3.46. The topological polar surface area (TPSA) is 118 Å². The molecule has 2 N–H and O–H groups in total. The van der Waals surface area contributed by atoms with Gasteiger partial charge in [0.15, 0.2) is 21.5 Å². The molecular formula is C29H29F6N3O6S. The van der Waals surface area contributed by atoms with Crippen LogP contribution in [0.25, 0.3) is 0 Å². The Labute approximate surface area is 254 Å². The van der Waals surface area contributed by atoms with Gasteiger partial charge in [-0.05, 0) is 48.0 Å². The number of sulfone groups is 1. The summed E-state index contributed by atoms with van der Waals surface area (Å²) in [4.78, 5) is 18.3. The van der Waals surface area contributed by atoms with E-state index < -0.39 is 71.3 Å². The maximum absolute atomic E-state index is 15.3. The van der Waals surface area contributed by atoms with E-state index in [1.165, 1.54) is 36.1 Å². The average Bonchev–Trinajstić information content (AvgIpc) is 3.40. The number of halogens is 6. The van der Waals surface area contributed by atoms with Crippen molar-refractivity contribution in [2.75, 3.05) is 30.4 Å². The van der Waals surface area contributed by atoms with E-state index in [9.17, 15) is 40.3 Å². The first-order valence-electron chi connectivity index (χ1n) is 13.6. The molecule has 244 valence electrons. The highest BCUT2D eigenvalue weighted by Crippen LogP contribution is 2.33. The molecule has 4 rings (SSSR count). The number of hydrogen-bond acceptors (Lipinski definition) is 8. The maximum Gasteiger partial charge on any atom is 0.416 e. The van der Waals surface area contributed by atoms with Crippen molar-refractivity contribution in [2.45, 2.75) is 49.2 Å². The van der Waals surface area contributed by atoms with E-state index in [0.717, 1.165) is 36.5 Å². The number of aromatic nitrogens is 1. The number of carbonyl (C=O) groups is 1. The third-order valence-electron chi connectivity index (χ3n) is 7.14. The first-order valence-corrected chi connectivity index (χ1v) is 15.3. The second kappa shape index (κ2) is 14.0. The lowest BCUT2D eigenvalue weighted by Crippen LogP contribution is -2.36. The molecule has 2 aromatic carbocycles. The van der Waals surface area contributed by atoms with Gasteiger partial charge in [-0.3, -0.25) is 4.79 Å². The lowest BCUT2D eigenvalue weighted by atomic mass is 10.1. The van der Waals surface area contributed by atoms with Crippen molar-refractivity contribution in [3.05, 3.63) is 83.3 Å². The Kier molecular flexibility index (Phi) is 10.6. The van der Waals surface area contributed by atoms with Crippen LogP contribution in [0.4, 0.5) is 32.2 Å². The first kappa shape index (κ1) is 34.0. The molecule has 1 unspecified atom stereocenters. The number of pyridine rings is 1. The van der Waals surface area contributed by atoms with E-state index in [-0.39, 0.29) is 40.7 Å². The summed E-state index contributed by atoms with van der Waals surface area (Å²) in [5.74, 6) is -2.09. The molecule has 3 aromatic rings. The summed E-state index contributed by atoms with van der Waals surface area (Å²) in [5.41, 5.74) is -0.715. The van der Waals surface area contributed by atoms with E-state index in [0.29, 0.717) is 5.56 Å². The highest BCUT2D eigenvalue weighted by atomic mass is 32.2. The molecule has 1 saturated heterocycles. The van der Waals surface area contributed by atoms with Crippen molar-refractivity contribution < 1.29 is 54.1 Å². The zero-order chi connectivity index (χ0) is 32.9. The Balaban J connectivity index is 1.48. The molecule has 1 aliphatic rings. The average molecular weight is 662 g/mol. The number of carbonyl (C=O) groups excluding carboxylic acids is 1. The van der Waals surface area contributed by atoms with Crippen molar-refractivity contribution in [3.8, 4) is 5.75 Å². The fourth-order valence-electron chi connectivity index (χ4n) is 4.79. The standard InChI is InChI=1S/C29H29F6N3O6S/c1-2-45(41,42)23-9-3-17(4-10-23)25(15-39)37-27(40)18-11-24(30)26(36-13-18)38-14-22(12-20(38)16-43-28(31)32)44-21-7-5-19(6-8-21)29(33,34)35/h3-11,13,20,22,25,28,39H,2,12,14-16H2,1H3,(H,37,40)/t20-,22-,25?/m0/s1. The van der Waals surface area contributed by atoms with Gasteiger partial charge in [0.2, 0.25) is 0 Å². The molecule has 0 aliphatic carbocycles. The minimum atomic E-state index is -4.54. The second-order valence-electron chi connectivity index (χ2n) is 10.1. The number of aliphatic hydroxyl groups excluding tert-OH is 1. The minimum Gasteiger partial charge on any atom is -0.489 e. The predicted octanol–water partition coefficient (Wildman–Crippen LogP) is 4.76. The number of anilines is 1. The van der Waals surface area contributed by atoms with Crippen LogP contribution in [0.1, 0.15) is 40.9 Å². The zero-order valence-electron chi connectivity index (χ0n) is 23.7. The Morgan fingerprint density at radius 1 is 1.13 bits per heavy atom. The third kappa shape index (κ3) is 8.43. The fraction of sp³-hybridized carbons (Fsp3) is 0.379. The number of nitrogens with one attached hydrogen (secondary N) is 1. The molecule has 0 radical (unpaired) electrons. The van der Waals surface area contributed by atoms with Crippen molar-refractivity contribution in [2.24, 2.45) is 0 Å². The molecule has 2 heterocycles. The number of aliphatic hydroxyl groups is 1. The highest BCUT2D eigenvalue weighted by Gasteiger charge is 2.37. The lowest BCUT2D eigenvalue weighted by molar-refractivity contribution is -0.137. The smallest absolute Gasteiger partial charge is 0.416 e. The number of alkyl halides is 5. The zero-order valence-corrected chi connectivity index (χ0v) is 24.5. The van der Waals surface area contributed by atoms with Crippen molar-refractivity contribution in [1.82, 2.24) is 10.3 Å². The summed E-state index contributed by atoms with van der Waals surface area (Å²) >= 11 is 0. The fourth-order valence-corrected chi connectivity index (χ4v) is 5.68. The minimum absolute atomic E-state index is 0.0492. The van der Waals surface area contributed by atoms with Gasteiger partial charge in [-0.1, -0.05) is 19.1 Å². The molecule has 1 fully saturated rings.